The van der Waals surface area contributed by atoms with E-state index in [0.29, 0.717) is 23.4 Å². The summed E-state index contributed by atoms with van der Waals surface area (Å²) in [4.78, 5) is 28.3. The molecule has 1 unspecified atom stereocenters. The van der Waals surface area contributed by atoms with Gasteiger partial charge >= 0.3 is 0 Å². The van der Waals surface area contributed by atoms with Gasteiger partial charge < -0.3 is 10.1 Å². The Morgan fingerprint density at radius 1 is 1.10 bits per heavy atom. The van der Waals surface area contributed by atoms with Crippen LogP contribution in [0.25, 0.3) is 0 Å². The van der Waals surface area contributed by atoms with E-state index in [1.807, 2.05) is 36.4 Å². The van der Waals surface area contributed by atoms with Crippen LogP contribution in [0.15, 0.2) is 72.8 Å². The number of benzene rings is 3. The molecule has 3 aromatic rings. The van der Waals surface area contributed by atoms with Crippen molar-refractivity contribution in [1.29, 1.82) is 0 Å². The van der Waals surface area contributed by atoms with Gasteiger partial charge in [-0.05, 0) is 42.8 Å². The van der Waals surface area contributed by atoms with Gasteiger partial charge in [-0.3, -0.25) is 14.5 Å². The van der Waals surface area contributed by atoms with Gasteiger partial charge in [-0.25, -0.2) is 4.39 Å². The summed E-state index contributed by atoms with van der Waals surface area (Å²) < 4.78 is 19.4. The van der Waals surface area contributed by atoms with E-state index in [0.717, 1.165) is 11.1 Å². The SMILES string of the molecule is COc1ccccc1CNC(=O)C1(C)Cc2ccccc2C(=O)N1c1cccc(F)c1. The van der Waals surface area contributed by atoms with Crippen molar-refractivity contribution in [2.24, 2.45) is 0 Å². The van der Waals surface area contributed by atoms with Gasteiger partial charge in [-0.1, -0.05) is 42.5 Å². The predicted molar refractivity (Wildman–Crippen MR) is 117 cm³/mol. The van der Waals surface area contributed by atoms with Gasteiger partial charge in [-0.15, -0.1) is 0 Å². The summed E-state index contributed by atoms with van der Waals surface area (Å²) >= 11 is 0. The van der Waals surface area contributed by atoms with E-state index in [-0.39, 0.29) is 18.4 Å². The Morgan fingerprint density at radius 3 is 2.61 bits per heavy atom. The molecule has 0 aromatic heterocycles. The van der Waals surface area contributed by atoms with Crippen molar-refractivity contribution < 1.29 is 18.7 Å². The lowest BCUT2D eigenvalue weighted by molar-refractivity contribution is -0.126. The zero-order valence-electron chi connectivity index (χ0n) is 17.4. The van der Waals surface area contributed by atoms with Crippen molar-refractivity contribution >= 4 is 17.5 Å². The van der Waals surface area contributed by atoms with Crippen LogP contribution in [0.4, 0.5) is 10.1 Å². The van der Waals surface area contributed by atoms with Crippen LogP contribution >= 0.6 is 0 Å². The number of para-hydroxylation sites is 1. The second-order valence-corrected chi connectivity index (χ2v) is 7.72. The Balaban J connectivity index is 1.71. The van der Waals surface area contributed by atoms with E-state index >= 15 is 0 Å². The molecule has 1 aliphatic rings. The molecule has 0 saturated heterocycles. The van der Waals surface area contributed by atoms with Gasteiger partial charge in [0.1, 0.15) is 17.1 Å². The number of nitrogens with zero attached hydrogens (tertiary/aromatic N) is 1. The van der Waals surface area contributed by atoms with Crippen LogP contribution in [-0.4, -0.2) is 24.5 Å². The first kappa shape index (κ1) is 20.6. The summed E-state index contributed by atoms with van der Waals surface area (Å²) in [7, 11) is 1.57. The zero-order chi connectivity index (χ0) is 22.0. The minimum atomic E-state index is -1.23. The molecule has 4 rings (SSSR count). The number of halogens is 1. The molecule has 31 heavy (non-hydrogen) atoms. The molecule has 2 amide bonds. The highest BCUT2D eigenvalue weighted by Crippen LogP contribution is 2.36. The third-order valence-corrected chi connectivity index (χ3v) is 5.67. The third-order valence-electron chi connectivity index (χ3n) is 5.67. The summed E-state index contributed by atoms with van der Waals surface area (Å²) in [5.41, 5.74) is 1.23. The highest BCUT2D eigenvalue weighted by atomic mass is 19.1. The number of hydrogen-bond donors (Lipinski definition) is 1. The van der Waals surface area contributed by atoms with Crippen molar-refractivity contribution in [3.8, 4) is 5.75 Å². The quantitative estimate of drug-likeness (QED) is 0.678. The van der Waals surface area contributed by atoms with Gasteiger partial charge in [0.25, 0.3) is 5.91 Å². The number of anilines is 1. The zero-order valence-corrected chi connectivity index (χ0v) is 17.4. The van der Waals surface area contributed by atoms with Crippen LogP contribution in [0.3, 0.4) is 0 Å². The van der Waals surface area contributed by atoms with E-state index in [1.165, 1.54) is 23.1 Å². The van der Waals surface area contributed by atoms with Crippen LogP contribution in [-0.2, 0) is 17.8 Å². The summed E-state index contributed by atoms with van der Waals surface area (Å²) in [6.45, 7) is 1.95. The Labute approximate surface area is 180 Å². The topological polar surface area (TPSA) is 58.6 Å². The number of hydrogen-bond acceptors (Lipinski definition) is 3. The normalized spacial score (nSPS) is 17.8. The first-order valence-corrected chi connectivity index (χ1v) is 10.0. The van der Waals surface area contributed by atoms with Crippen molar-refractivity contribution in [2.45, 2.75) is 25.4 Å². The molecule has 1 atom stereocenters. The number of ether oxygens (including phenoxy) is 1. The second-order valence-electron chi connectivity index (χ2n) is 7.72. The maximum absolute atomic E-state index is 14.0. The molecule has 6 heteroatoms. The average molecular weight is 418 g/mol. The maximum atomic E-state index is 14.0. The fourth-order valence-electron chi connectivity index (χ4n) is 4.09. The summed E-state index contributed by atoms with van der Waals surface area (Å²) in [5.74, 6) is -0.464. The van der Waals surface area contributed by atoms with Gasteiger partial charge in [0, 0.05) is 29.8 Å². The third kappa shape index (κ3) is 3.77. The number of fused-ring (bicyclic) bond motifs is 1. The highest BCUT2D eigenvalue weighted by molar-refractivity contribution is 6.14. The molecule has 1 N–H and O–H groups in total. The Bertz CT molecular complexity index is 1150. The predicted octanol–water partition coefficient (Wildman–Crippen LogP) is 4.11. The molecular formula is C25H23FN2O3. The van der Waals surface area contributed by atoms with Gasteiger partial charge in [0.05, 0.1) is 7.11 Å². The molecule has 0 fully saturated rings. The number of amides is 2. The van der Waals surface area contributed by atoms with Crippen LogP contribution in [0.5, 0.6) is 5.75 Å². The average Bonchev–Trinajstić information content (AvgIpc) is 2.77. The van der Waals surface area contributed by atoms with E-state index in [1.54, 1.807) is 32.2 Å². The van der Waals surface area contributed by atoms with E-state index < -0.39 is 11.4 Å². The largest absolute Gasteiger partial charge is 0.496 e. The minimum absolute atomic E-state index is 0.241. The molecule has 158 valence electrons. The van der Waals surface area contributed by atoms with Crippen molar-refractivity contribution in [3.05, 3.63) is 95.3 Å². The van der Waals surface area contributed by atoms with Gasteiger partial charge in [-0.2, -0.15) is 0 Å². The first-order chi connectivity index (χ1) is 14.9. The Hall–Kier alpha value is -3.67. The highest BCUT2D eigenvalue weighted by Gasteiger charge is 2.47. The molecule has 0 aliphatic carbocycles. The number of rotatable bonds is 5. The molecule has 0 saturated carbocycles. The molecular weight excluding hydrogens is 395 g/mol. The first-order valence-electron chi connectivity index (χ1n) is 10.0. The standard InChI is InChI=1S/C25H23FN2O3/c1-25(24(30)27-16-18-9-4-6-13-22(18)31-2)15-17-8-3-5-12-21(17)23(29)28(25)20-11-7-10-19(26)14-20/h3-14H,15-16H2,1-2H3,(H,27,30). The van der Waals surface area contributed by atoms with Crippen molar-refractivity contribution in [1.82, 2.24) is 5.32 Å². The van der Waals surface area contributed by atoms with Gasteiger partial charge in [0.2, 0.25) is 5.91 Å². The molecule has 0 bridgehead atoms. The van der Waals surface area contributed by atoms with E-state index in [2.05, 4.69) is 5.32 Å². The minimum Gasteiger partial charge on any atom is -0.496 e. The maximum Gasteiger partial charge on any atom is 0.259 e. The number of methoxy groups -OCH3 is 1. The monoisotopic (exact) mass is 418 g/mol. The molecule has 0 spiro atoms. The van der Waals surface area contributed by atoms with Crippen LogP contribution in [0.2, 0.25) is 0 Å². The lowest BCUT2D eigenvalue weighted by Gasteiger charge is -2.44. The van der Waals surface area contributed by atoms with Gasteiger partial charge in [0.15, 0.2) is 0 Å². The lowest BCUT2D eigenvalue weighted by atomic mass is 9.82. The van der Waals surface area contributed by atoms with E-state index in [4.69, 9.17) is 4.74 Å². The molecule has 0 radical (unpaired) electrons. The number of carbonyl (C=O) groups is 2. The van der Waals surface area contributed by atoms with Crippen LogP contribution in [0, 0.1) is 5.82 Å². The molecule has 1 aliphatic heterocycles. The summed E-state index contributed by atoms with van der Waals surface area (Å²) in [5, 5.41) is 2.94. The second kappa shape index (κ2) is 8.22. The van der Waals surface area contributed by atoms with Crippen molar-refractivity contribution in [2.75, 3.05) is 12.0 Å². The number of carbonyl (C=O) groups excluding carboxylic acids is 2. The van der Waals surface area contributed by atoms with E-state index in [9.17, 15) is 14.0 Å². The van der Waals surface area contributed by atoms with Crippen LogP contribution < -0.4 is 15.0 Å². The fraction of sp³-hybridized carbons (Fsp3) is 0.200. The van der Waals surface area contributed by atoms with Crippen molar-refractivity contribution in [3.63, 3.8) is 0 Å². The Kier molecular flexibility index (Phi) is 5.46. The number of nitrogens with one attached hydrogen (secondary N) is 1. The molecule has 1 heterocycles. The lowest BCUT2D eigenvalue weighted by Crippen LogP contribution is -2.63. The fourth-order valence-corrected chi connectivity index (χ4v) is 4.09. The van der Waals surface area contributed by atoms with Crippen LogP contribution in [0.1, 0.15) is 28.4 Å². The molecule has 3 aromatic carbocycles. The summed E-state index contributed by atoms with van der Waals surface area (Å²) in [6, 6.07) is 20.4. The smallest absolute Gasteiger partial charge is 0.259 e. The summed E-state index contributed by atoms with van der Waals surface area (Å²) in [6.07, 6.45) is 0.309. The Morgan fingerprint density at radius 2 is 1.84 bits per heavy atom. The molecule has 5 nitrogen and oxygen atoms in total.